The summed E-state index contributed by atoms with van der Waals surface area (Å²) in [4.78, 5) is 2.26. The maximum Gasteiger partial charge on any atom is 0.182 e. The van der Waals surface area contributed by atoms with Gasteiger partial charge in [-0.3, -0.25) is 0 Å². The third kappa shape index (κ3) is 4.27. The molecule has 0 bridgehead atoms. The SMILES string of the molecule is C=C(OCc1ccc(C)cc1)N1CCC(CNC)CC1. The first kappa shape index (κ1) is 14.9. The molecule has 0 radical (unpaired) electrons. The summed E-state index contributed by atoms with van der Waals surface area (Å²) in [5, 5.41) is 3.26. The molecule has 1 aliphatic heterocycles. The Kier molecular flexibility index (Phi) is 5.48. The van der Waals surface area contributed by atoms with E-state index in [2.05, 4.69) is 48.0 Å². The van der Waals surface area contributed by atoms with Crippen molar-refractivity contribution in [3.05, 3.63) is 47.9 Å². The molecule has 1 aromatic carbocycles. The van der Waals surface area contributed by atoms with E-state index in [4.69, 9.17) is 4.74 Å². The van der Waals surface area contributed by atoms with Gasteiger partial charge in [-0.1, -0.05) is 29.8 Å². The van der Waals surface area contributed by atoms with Crippen molar-refractivity contribution in [2.24, 2.45) is 5.92 Å². The van der Waals surface area contributed by atoms with Crippen LogP contribution in [0.15, 0.2) is 36.7 Å². The van der Waals surface area contributed by atoms with Crippen LogP contribution in [0.5, 0.6) is 0 Å². The Hall–Kier alpha value is -1.48. The second kappa shape index (κ2) is 7.34. The van der Waals surface area contributed by atoms with E-state index in [9.17, 15) is 0 Å². The number of piperidine rings is 1. The fraction of sp³-hybridized carbons (Fsp3) is 0.529. The molecule has 1 aliphatic rings. The van der Waals surface area contributed by atoms with Crippen molar-refractivity contribution in [3.8, 4) is 0 Å². The predicted octanol–water partition coefficient (Wildman–Crippen LogP) is 2.91. The largest absolute Gasteiger partial charge is 0.475 e. The van der Waals surface area contributed by atoms with Crippen LogP contribution < -0.4 is 5.32 Å². The minimum atomic E-state index is 0.607. The molecule has 110 valence electrons. The first-order valence-electron chi connectivity index (χ1n) is 7.46. The average Bonchev–Trinajstić information content (AvgIpc) is 2.47. The van der Waals surface area contributed by atoms with Crippen molar-refractivity contribution >= 4 is 0 Å². The van der Waals surface area contributed by atoms with Gasteiger partial charge in [0.2, 0.25) is 0 Å². The quantitative estimate of drug-likeness (QED) is 0.807. The summed E-state index contributed by atoms with van der Waals surface area (Å²) in [5.41, 5.74) is 2.47. The summed E-state index contributed by atoms with van der Waals surface area (Å²) in [6.45, 7) is 10.00. The Bertz CT molecular complexity index is 419. The summed E-state index contributed by atoms with van der Waals surface area (Å²) in [7, 11) is 2.02. The molecule has 1 heterocycles. The van der Waals surface area contributed by atoms with Crippen LogP contribution in [0.3, 0.4) is 0 Å². The summed E-state index contributed by atoms with van der Waals surface area (Å²) >= 11 is 0. The van der Waals surface area contributed by atoms with Crippen LogP contribution in [-0.2, 0) is 11.3 Å². The lowest BCUT2D eigenvalue weighted by atomic mass is 9.97. The molecule has 1 saturated heterocycles. The van der Waals surface area contributed by atoms with Gasteiger partial charge in [0, 0.05) is 13.1 Å². The van der Waals surface area contributed by atoms with Crippen LogP contribution in [0.25, 0.3) is 0 Å². The molecule has 1 N–H and O–H groups in total. The molecular weight excluding hydrogens is 248 g/mol. The van der Waals surface area contributed by atoms with Crippen LogP contribution in [0, 0.1) is 12.8 Å². The van der Waals surface area contributed by atoms with E-state index in [0.29, 0.717) is 6.61 Å². The van der Waals surface area contributed by atoms with E-state index < -0.39 is 0 Å². The summed E-state index contributed by atoms with van der Waals surface area (Å²) in [6, 6.07) is 8.46. The molecule has 20 heavy (non-hydrogen) atoms. The molecule has 0 aliphatic carbocycles. The van der Waals surface area contributed by atoms with Gasteiger partial charge in [0.25, 0.3) is 0 Å². The number of likely N-dealkylation sites (tertiary alicyclic amines) is 1. The number of hydrogen-bond acceptors (Lipinski definition) is 3. The minimum Gasteiger partial charge on any atom is -0.475 e. The number of rotatable bonds is 6. The fourth-order valence-electron chi connectivity index (χ4n) is 2.62. The highest BCUT2D eigenvalue weighted by Crippen LogP contribution is 2.20. The lowest BCUT2D eigenvalue weighted by molar-refractivity contribution is 0.0806. The summed E-state index contributed by atoms with van der Waals surface area (Å²) in [5.74, 6) is 1.61. The lowest BCUT2D eigenvalue weighted by Crippen LogP contribution is -2.36. The van der Waals surface area contributed by atoms with E-state index in [1.165, 1.54) is 24.0 Å². The van der Waals surface area contributed by atoms with E-state index in [0.717, 1.165) is 31.4 Å². The average molecular weight is 274 g/mol. The zero-order valence-electron chi connectivity index (χ0n) is 12.7. The maximum absolute atomic E-state index is 5.82. The monoisotopic (exact) mass is 274 g/mol. The predicted molar refractivity (Wildman–Crippen MR) is 83.3 cm³/mol. The minimum absolute atomic E-state index is 0.607. The highest BCUT2D eigenvalue weighted by molar-refractivity contribution is 5.20. The Morgan fingerprint density at radius 1 is 1.30 bits per heavy atom. The molecule has 0 spiro atoms. The van der Waals surface area contributed by atoms with E-state index >= 15 is 0 Å². The fourth-order valence-corrected chi connectivity index (χ4v) is 2.62. The van der Waals surface area contributed by atoms with Crippen LogP contribution in [0.4, 0.5) is 0 Å². The number of ether oxygens (including phenoxy) is 1. The van der Waals surface area contributed by atoms with Gasteiger partial charge in [-0.2, -0.15) is 0 Å². The Morgan fingerprint density at radius 2 is 1.95 bits per heavy atom. The van der Waals surface area contributed by atoms with Crippen LogP contribution in [0.2, 0.25) is 0 Å². The molecule has 0 atom stereocenters. The van der Waals surface area contributed by atoms with Gasteiger partial charge in [-0.05, 0) is 51.4 Å². The van der Waals surface area contributed by atoms with Gasteiger partial charge >= 0.3 is 0 Å². The molecule has 3 heteroatoms. The van der Waals surface area contributed by atoms with Crippen LogP contribution >= 0.6 is 0 Å². The van der Waals surface area contributed by atoms with E-state index in [1.54, 1.807) is 0 Å². The zero-order valence-corrected chi connectivity index (χ0v) is 12.7. The number of nitrogens with one attached hydrogen (secondary N) is 1. The van der Waals surface area contributed by atoms with Crippen molar-refractivity contribution in [2.75, 3.05) is 26.7 Å². The number of nitrogens with zero attached hydrogens (tertiary/aromatic N) is 1. The Morgan fingerprint density at radius 3 is 2.55 bits per heavy atom. The third-order valence-corrected chi connectivity index (χ3v) is 3.99. The van der Waals surface area contributed by atoms with Gasteiger partial charge in [0.1, 0.15) is 6.61 Å². The molecule has 3 nitrogen and oxygen atoms in total. The first-order chi connectivity index (χ1) is 9.69. The highest BCUT2D eigenvalue weighted by atomic mass is 16.5. The van der Waals surface area contributed by atoms with Crippen molar-refractivity contribution in [2.45, 2.75) is 26.4 Å². The molecule has 1 aromatic rings. The van der Waals surface area contributed by atoms with Crippen molar-refractivity contribution in [3.63, 3.8) is 0 Å². The van der Waals surface area contributed by atoms with E-state index in [-0.39, 0.29) is 0 Å². The third-order valence-electron chi connectivity index (χ3n) is 3.99. The molecule has 0 saturated carbocycles. The number of aryl methyl sites for hydroxylation is 1. The topological polar surface area (TPSA) is 24.5 Å². The van der Waals surface area contributed by atoms with Gasteiger partial charge < -0.3 is 15.0 Å². The maximum atomic E-state index is 5.82. The number of hydrogen-bond donors (Lipinski definition) is 1. The summed E-state index contributed by atoms with van der Waals surface area (Å²) < 4.78 is 5.82. The second-order valence-electron chi connectivity index (χ2n) is 5.66. The number of benzene rings is 1. The Labute approximate surface area is 122 Å². The van der Waals surface area contributed by atoms with Crippen LogP contribution in [0.1, 0.15) is 24.0 Å². The van der Waals surface area contributed by atoms with Crippen molar-refractivity contribution in [1.82, 2.24) is 10.2 Å². The van der Waals surface area contributed by atoms with Gasteiger partial charge in [0.05, 0.1) is 0 Å². The van der Waals surface area contributed by atoms with Crippen molar-refractivity contribution in [1.29, 1.82) is 0 Å². The van der Waals surface area contributed by atoms with Gasteiger partial charge in [-0.15, -0.1) is 0 Å². The van der Waals surface area contributed by atoms with Crippen LogP contribution in [-0.4, -0.2) is 31.6 Å². The molecule has 0 unspecified atom stereocenters. The Balaban J connectivity index is 1.74. The second-order valence-corrected chi connectivity index (χ2v) is 5.66. The highest BCUT2D eigenvalue weighted by Gasteiger charge is 2.19. The molecular formula is C17H26N2O. The zero-order chi connectivity index (χ0) is 14.4. The molecule has 0 amide bonds. The molecule has 1 fully saturated rings. The standard InChI is InChI=1S/C17H26N2O/c1-14-4-6-17(7-5-14)13-20-15(2)19-10-8-16(9-11-19)12-18-3/h4-7,16,18H,2,8-13H2,1,3H3. The molecule has 2 rings (SSSR count). The van der Waals surface area contributed by atoms with Gasteiger partial charge in [0.15, 0.2) is 5.88 Å². The molecule has 0 aromatic heterocycles. The smallest absolute Gasteiger partial charge is 0.182 e. The summed E-state index contributed by atoms with van der Waals surface area (Å²) in [6.07, 6.45) is 2.43. The lowest BCUT2D eigenvalue weighted by Gasteiger charge is -2.34. The van der Waals surface area contributed by atoms with Crippen molar-refractivity contribution < 1.29 is 4.74 Å². The normalized spacial score (nSPS) is 16.2. The van der Waals surface area contributed by atoms with E-state index in [1.807, 2.05) is 7.05 Å². The van der Waals surface area contributed by atoms with Gasteiger partial charge in [-0.25, -0.2) is 0 Å². The first-order valence-corrected chi connectivity index (χ1v) is 7.46.